The first-order valence-corrected chi connectivity index (χ1v) is 6.97. The largest absolute Gasteiger partial charge is 0.496 e. The lowest BCUT2D eigenvalue weighted by Crippen LogP contribution is -2.41. The van der Waals surface area contributed by atoms with Gasteiger partial charge in [0.2, 0.25) is 0 Å². The maximum atomic E-state index is 7.40. The average molecular weight is 295 g/mol. The topological polar surface area (TPSA) is 54.3 Å². The Morgan fingerprint density at radius 2 is 1.75 bits per heavy atom. The summed E-state index contributed by atoms with van der Waals surface area (Å²) in [5.41, 5.74) is 1.43. The van der Waals surface area contributed by atoms with Crippen LogP contribution in [0.3, 0.4) is 0 Å². The summed E-state index contributed by atoms with van der Waals surface area (Å²) in [5, 5.41) is 11.0. The van der Waals surface area contributed by atoms with E-state index in [-0.39, 0.29) is 0 Å². The van der Waals surface area contributed by atoms with Crippen molar-refractivity contribution in [2.75, 3.05) is 12.4 Å². The molecule has 2 rings (SSSR count). The van der Waals surface area contributed by atoms with Gasteiger partial charge in [-0.25, -0.2) is 0 Å². The van der Waals surface area contributed by atoms with Gasteiger partial charge in [0.1, 0.15) is 0 Å². The third-order valence-electron chi connectivity index (χ3n) is 4.12. The Morgan fingerprint density at radius 3 is 2.20 bits per heavy atom. The first-order chi connectivity index (χ1) is 9.23. The van der Waals surface area contributed by atoms with Gasteiger partial charge in [-0.3, -0.25) is 0 Å². The van der Waals surface area contributed by atoms with Gasteiger partial charge in [0, 0.05) is 24.3 Å². The molecule has 1 saturated heterocycles. The van der Waals surface area contributed by atoms with E-state index in [4.69, 9.17) is 26.3 Å². The zero-order chi connectivity index (χ0) is 15.1. The number of nitrogens with one attached hydrogen (secondary N) is 2. The van der Waals surface area contributed by atoms with Gasteiger partial charge in [0.05, 0.1) is 21.9 Å². The van der Waals surface area contributed by atoms with Crippen LogP contribution >= 0.6 is 11.6 Å². The van der Waals surface area contributed by atoms with Crippen LogP contribution in [0.5, 0.6) is 0 Å². The number of hydrogen-bond donors (Lipinski definition) is 2. The second kappa shape index (κ2) is 5.06. The molecule has 4 nitrogen and oxygen atoms in total. The molecule has 0 radical (unpaired) electrons. The molecule has 0 spiro atoms. The van der Waals surface area contributed by atoms with E-state index in [1.807, 2.05) is 39.8 Å². The van der Waals surface area contributed by atoms with E-state index >= 15 is 0 Å². The zero-order valence-corrected chi connectivity index (χ0v) is 13.3. The number of halogens is 1. The third-order valence-corrected chi connectivity index (χ3v) is 4.52. The molecule has 0 saturated carbocycles. The van der Waals surface area contributed by atoms with Crippen molar-refractivity contribution in [2.45, 2.75) is 38.9 Å². The van der Waals surface area contributed by atoms with Crippen LogP contribution in [0.25, 0.3) is 0 Å². The molecule has 1 aromatic rings. The van der Waals surface area contributed by atoms with Crippen molar-refractivity contribution < 1.29 is 9.31 Å². The Hall–Kier alpha value is -1.04. The van der Waals surface area contributed by atoms with Crippen molar-refractivity contribution in [3.63, 3.8) is 0 Å². The second-order valence-electron chi connectivity index (χ2n) is 5.92. The molecule has 1 aromatic carbocycles. The summed E-state index contributed by atoms with van der Waals surface area (Å²) in [6.07, 6.45) is 1.27. The van der Waals surface area contributed by atoms with Crippen molar-refractivity contribution in [3.8, 4) is 0 Å². The molecule has 0 aromatic heterocycles. The molecule has 0 aliphatic carbocycles. The molecule has 1 aliphatic heterocycles. The van der Waals surface area contributed by atoms with E-state index in [1.165, 1.54) is 6.21 Å². The van der Waals surface area contributed by atoms with Crippen molar-refractivity contribution in [1.82, 2.24) is 0 Å². The molecule has 2 N–H and O–H groups in total. The molecule has 0 bridgehead atoms. The molecule has 1 heterocycles. The van der Waals surface area contributed by atoms with Gasteiger partial charge in [-0.05, 0) is 27.7 Å². The summed E-state index contributed by atoms with van der Waals surface area (Å²) in [6.45, 7) is 8.02. The molecule has 1 fully saturated rings. The van der Waals surface area contributed by atoms with Gasteiger partial charge in [0.15, 0.2) is 0 Å². The normalized spacial score (nSPS) is 20.0. The van der Waals surface area contributed by atoms with Gasteiger partial charge in [-0.1, -0.05) is 23.7 Å². The lowest BCUT2D eigenvalue weighted by Gasteiger charge is -2.32. The lowest BCUT2D eigenvalue weighted by molar-refractivity contribution is 0.00578. The third kappa shape index (κ3) is 2.34. The predicted molar refractivity (Wildman–Crippen MR) is 84.6 cm³/mol. The molecular formula is C14H20BClN2O2. The van der Waals surface area contributed by atoms with Crippen LogP contribution in [0.4, 0.5) is 5.69 Å². The van der Waals surface area contributed by atoms with Crippen LogP contribution in [0, 0.1) is 5.41 Å². The van der Waals surface area contributed by atoms with Gasteiger partial charge in [0.25, 0.3) is 0 Å². The van der Waals surface area contributed by atoms with Gasteiger partial charge < -0.3 is 20.0 Å². The highest BCUT2D eigenvalue weighted by Gasteiger charge is 2.52. The monoisotopic (exact) mass is 294 g/mol. The van der Waals surface area contributed by atoms with Crippen LogP contribution in [0.2, 0.25) is 5.02 Å². The summed E-state index contributed by atoms with van der Waals surface area (Å²) in [6, 6.07) is 3.69. The minimum Gasteiger partial charge on any atom is -0.399 e. The molecular weight excluding hydrogens is 274 g/mol. The Balaban J connectivity index is 2.43. The number of benzene rings is 1. The molecule has 20 heavy (non-hydrogen) atoms. The lowest BCUT2D eigenvalue weighted by atomic mass is 9.78. The predicted octanol–water partition coefficient (Wildman–Crippen LogP) is 2.68. The second-order valence-corrected chi connectivity index (χ2v) is 6.29. The van der Waals surface area contributed by atoms with E-state index in [9.17, 15) is 0 Å². The standard InChI is InChI=1S/C14H20BClN2O2/c1-13(2)14(3,4)20-15(19-13)10-7-6-9(8-17)12(18-5)11(10)16/h6-8,17-18H,1-5H3. The zero-order valence-electron chi connectivity index (χ0n) is 12.5. The fraction of sp³-hybridized carbons (Fsp3) is 0.500. The minimum atomic E-state index is -0.501. The minimum absolute atomic E-state index is 0.402. The van der Waals surface area contributed by atoms with Gasteiger partial charge in [-0.15, -0.1) is 0 Å². The highest BCUT2D eigenvalue weighted by atomic mass is 35.5. The van der Waals surface area contributed by atoms with Crippen LogP contribution in [0.1, 0.15) is 33.3 Å². The smallest absolute Gasteiger partial charge is 0.399 e. The first-order valence-electron chi connectivity index (χ1n) is 6.60. The molecule has 0 amide bonds. The highest BCUT2D eigenvalue weighted by molar-refractivity contribution is 6.66. The Kier molecular flexibility index (Phi) is 3.89. The Labute approximate surface area is 125 Å². The van der Waals surface area contributed by atoms with E-state index < -0.39 is 18.3 Å². The van der Waals surface area contributed by atoms with Crippen LogP contribution in [0.15, 0.2) is 12.1 Å². The summed E-state index contributed by atoms with van der Waals surface area (Å²) < 4.78 is 12.0. The fourth-order valence-corrected chi connectivity index (χ4v) is 2.49. The quantitative estimate of drug-likeness (QED) is 0.666. The summed E-state index contributed by atoms with van der Waals surface area (Å²) in [7, 11) is 1.28. The molecule has 6 heteroatoms. The number of rotatable bonds is 3. The van der Waals surface area contributed by atoms with Crippen molar-refractivity contribution in [2.24, 2.45) is 0 Å². The summed E-state index contributed by atoms with van der Waals surface area (Å²) in [4.78, 5) is 0. The number of anilines is 1. The van der Waals surface area contributed by atoms with Gasteiger partial charge in [-0.2, -0.15) is 0 Å². The average Bonchev–Trinajstić information content (AvgIpc) is 2.57. The SMILES string of the molecule is CNc1c(C=N)ccc(B2OC(C)(C)C(C)(C)O2)c1Cl. The molecule has 0 atom stereocenters. The van der Waals surface area contributed by atoms with Gasteiger partial charge >= 0.3 is 7.12 Å². The molecule has 108 valence electrons. The van der Waals surface area contributed by atoms with Crippen LogP contribution in [-0.4, -0.2) is 31.6 Å². The molecule has 1 aliphatic rings. The fourth-order valence-electron chi connectivity index (χ4n) is 2.13. The maximum absolute atomic E-state index is 7.40. The maximum Gasteiger partial charge on any atom is 0.496 e. The van der Waals surface area contributed by atoms with E-state index in [0.29, 0.717) is 10.7 Å². The van der Waals surface area contributed by atoms with Crippen molar-refractivity contribution in [3.05, 3.63) is 22.7 Å². The Morgan fingerprint density at radius 1 is 1.20 bits per heavy atom. The summed E-state index contributed by atoms with van der Waals surface area (Å²) in [5.74, 6) is 0. The highest BCUT2D eigenvalue weighted by Crippen LogP contribution is 2.37. The van der Waals surface area contributed by atoms with E-state index in [0.717, 1.165) is 11.0 Å². The van der Waals surface area contributed by atoms with Crippen LogP contribution < -0.4 is 10.8 Å². The van der Waals surface area contributed by atoms with Crippen molar-refractivity contribution in [1.29, 1.82) is 5.41 Å². The number of hydrogen-bond acceptors (Lipinski definition) is 4. The van der Waals surface area contributed by atoms with Crippen LogP contribution in [-0.2, 0) is 9.31 Å². The van der Waals surface area contributed by atoms with E-state index in [2.05, 4.69) is 5.32 Å². The summed E-state index contributed by atoms with van der Waals surface area (Å²) >= 11 is 6.43. The Bertz CT molecular complexity index is 530. The van der Waals surface area contributed by atoms with E-state index in [1.54, 1.807) is 7.05 Å². The van der Waals surface area contributed by atoms with Crippen molar-refractivity contribution >= 4 is 36.1 Å². The molecule has 0 unspecified atom stereocenters. The first kappa shape index (κ1) is 15.4.